The van der Waals surface area contributed by atoms with Gasteiger partial charge < -0.3 is 5.32 Å². The summed E-state index contributed by atoms with van der Waals surface area (Å²) in [6, 6.07) is 6.13. The Bertz CT molecular complexity index is 328. The van der Waals surface area contributed by atoms with E-state index in [1.165, 1.54) is 5.56 Å². The lowest BCUT2D eigenvalue weighted by Gasteiger charge is -2.03. The average molecular weight is 303 g/mol. The SMILES string of the molecule is C#CCNCc1ccc(Br)c(Br)c1. The van der Waals surface area contributed by atoms with Crippen LogP contribution in [0.1, 0.15) is 5.56 Å². The summed E-state index contributed by atoms with van der Waals surface area (Å²) >= 11 is 6.85. The molecule has 3 heteroatoms. The molecule has 0 atom stereocenters. The van der Waals surface area contributed by atoms with E-state index >= 15 is 0 Å². The molecule has 0 aliphatic carbocycles. The van der Waals surface area contributed by atoms with Gasteiger partial charge in [0.05, 0.1) is 6.54 Å². The van der Waals surface area contributed by atoms with Gasteiger partial charge in [-0.05, 0) is 49.6 Å². The number of nitrogens with one attached hydrogen (secondary N) is 1. The summed E-state index contributed by atoms with van der Waals surface area (Å²) in [6.07, 6.45) is 5.12. The van der Waals surface area contributed by atoms with Crippen molar-refractivity contribution in [3.8, 4) is 12.3 Å². The topological polar surface area (TPSA) is 12.0 Å². The molecule has 0 heterocycles. The van der Waals surface area contributed by atoms with Crippen molar-refractivity contribution in [2.24, 2.45) is 0 Å². The van der Waals surface area contributed by atoms with Crippen molar-refractivity contribution in [3.05, 3.63) is 32.7 Å². The Morgan fingerprint density at radius 3 is 2.69 bits per heavy atom. The van der Waals surface area contributed by atoms with Gasteiger partial charge in [0.15, 0.2) is 0 Å². The zero-order valence-corrected chi connectivity index (χ0v) is 10.2. The van der Waals surface area contributed by atoms with Crippen molar-refractivity contribution in [2.45, 2.75) is 6.54 Å². The maximum atomic E-state index is 5.12. The van der Waals surface area contributed by atoms with Crippen molar-refractivity contribution < 1.29 is 0 Å². The van der Waals surface area contributed by atoms with E-state index in [9.17, 15) is 0 Å². The maximum Gasteiger partial charge on any atom is 0.0576 e. The molecule has 0 saturated carbocycles. The molecule has 0 spiro atoms. The molecule has 0 saturated heterocycles. The zero-order chi connectivity index (χ0) is 9.68. The molecule has 0 bridgehead atoms. The number of benzene rings is 1. The maximum absolute atomic E-state index is 5.12. The van der Waals surface area contributed by atoms with Gasteiger partial charge in [-0.15, -0.1) is 6.42 Å². The van der Waals surface area contributed by atoms with Gasteiger partial charge in [0.1, 0.15) is 0 Å². The van der Waals surface area contributed by atoms with Crippen molar-refractivity contribution in [1.82, 2.24) is 5.32 Å². The first-order chi connectivity index (χ1) is 6.24. The van der Waals surface area contributed by atoms with Crippen molar-refractivity contribution in [1.29, 1.82) is 0 Å². The molecule has 0 unspecified atom stereocenters. The molecule has 1 aromatic carbocycles. The van der Waals surface area contributed by atoms with E-state index in [2.05, 4.69) is 55.2 Å². The van der Waals surface area contributed by atoms with E-state index in [-0.39, 0.29) is 0 Å². The summed E-state index contributed by atoms with van der Waals surface area (Å²) in [7, 11) is 0. The van der Waals surface area contributed by atoms with E-state index in [1.807, 2.05) is 6.07 Å². The minimum Gasteiger partial charge on any atom is -0.302 e. The molecule has 0 aliphatic heterocycles. The van der Waals surface area contributed by atoms with E-state index in [4.69, 9.17) is 6.42 Å². The number of hydrogen-bond donors (Lipinski definition) is 1. The van der Waals surface area contributed by atoms with Crippen LogP contribution in [0.3, 0.4) is 0 Å². The third-order valence-electron chi connectivity index (χ3n) is 1.54. The lowest BCUT2D eigenvalue weighted by atomic mass is 10.2. The highest BCUT2D eigenvalue weighted by Crippen LogP contribution is 2.23. The quantitative estimate of drug-likeness (QED) is 0.669. The van der Waals surface area contributed by atoms with Crippen LogP contribution in [0.2, 0.25) is 0 Å². The molecule has 0 fully saturated rings. The van der Waals surface area contributed by atoms with Gasteiger partial charge in [0.2, 0.25) is 0 Å². The van der Waals surface area contributed by atoms with E-state index < -0.39 is 0 Å². The Kier molecular flexibility index (Phi) is 4.51. The van der Waals surface area contributed by atoms with Crippen LogP contribution in [0.25, 0.3) is 0 Å². The molecule has 1 aromatic rings. The lowest BCUT2D eigenvalue weighted by Crippen LogP contribution is -2.12. The second-order valence-electron chi connectivity index (χ2n) is 2.56. The van der Waals surface area contributed by atoms with Gasteiger partial charge in [-0.2, -0.15) is 0 Å². The Morgan fingerprint density at radius 2 is 2.08 bits per heavy atom. The first-order valence-electron chi connectivity index (χ1n) is 3.82. The van der Waals surface area contributed by atoms with Crippen LogP contribution in [0.4, 0.5) is 0 Å². The third-order valence-corrected chi connectivity index (χ3v) is 3.42. The van der Waals surface area contributed by atoms with Crippen LogP contribution in [-0.2, 0) is 6.54 Å². The lowest BCUT2D eigenvalue weighted by molar-refractivity contribution is 0.770. The van der Waals surface area contributed by atoms with Crippen LogP contribution >= 0.6 is 31.9 Å². The first kappa shape index (κ1) is 10.8. The monoisotopic (exact) mass is 301 g/mol. The first-order valence-corrected chi connectivity index (χ1v) is 5.40. The summed E-state index contributed by atoms with van der Waals surface area (Å²) < 4.78 is 2.13. The highest BCUT2D eigenvalue weighted by Gasteiger charge is 1.97. The minimum absolute atomic E-state index is 0.605. The molecular weight excluding hydrogens is 294 g/mol. The van der Waals surface area contributed by atoms with Gasteiger partial charge in [-0.25, -0.2) is 0 Å². The minimum atomic E-state index is 0.605. The number of hydrogen-bond acceptors (Lipinski definition) is 1. The molecule has 68 valence electrons. The molecule has 1 N–H and O–H groups in total. The third kappa shape index (κ3) is 3.51. The van der Waals surface area contributed by atoms with Crippen molar-refractivity contribution >= 4 is 31.9 Å². The van der Waals surface area contributed by atoms with Crippen LogP contribution in [-0.4, -0.2) is 6.54 Å². The van der Waals surface area contributed by atoms with Crippen LogP contribution < -0.4 is 5.32 Å². The number of rotatable bonds is 3. The van der Waals surface area contributed by atoms with E-state index in [1.54, 1.807) is 0 Å². The normalized spacial score (nSPS) is 9.62. The van der Waals surface area contributed by atoms with Crippen LogP contribution in [0, 0.1) is 12.3 Å². The van der Waals surface area contributed by atoms with Crippen LogP contribution in [0.5, 0.6) is 0 Å². The van der Waals surface area contributed by atoms with E-state index in [0.29, 0.717) is 6.54 Å². The number of terminal acetylenes is 1. The highest BCUT2D eigenvalue weighted by molar-refractivity contribution is 9.13. The molecule has 13 heavy (non-hydrogen) atoms. The fourth-order valence-corrected chi connectivity index (χ4v) is 1.60. The molecule has 0 aliphatic rings. The van der Waals surface area contributed by atoms with Crippen molar-refractivity contribution in [2.75, 3.05) is 6.54 Å². The second-order valence-corrected chi connectivity index (χ2v) is 4.26. The van der Waals surface area contributed by atoms with Gasteiger partial charge in [-0.3, -0.25) is 0 Å². The Morgan fingerprint density at radius 1 is 1.31 bits per heavy atom. The van der Waals surface area contributed by atoms with Crippen molar-refractivity contribution in [3.63, 3.8) is 0 Å². The summed E-state index contributed by atoms with van der Waals surface area (Å²) in [6.45, 7) is 1.41. The standard InChI is InChI=1S/C10H9Br2N/c1-2-5-13-7-8-3-4-9(11)10(12)6-8/h1,3-4,6,13H,5,7H2. The predicted molar refractivity (Wildman–Crippen MR) is 62.4 cm³/mol. The smallest absolute Gasteiger partial charge is 0.0576 e. The summed E-state index contributed by atoms with van der Waals surface area (Å²) in [5, 5.41) is 3.13. The molecule has 0 radical (unpaired) electrons. The summed E-state index contributed by atoms with van der Waals surface area (Å²) in [5.41, 5.74) is 1.21. The van der Waals surface area contributed by atoms with Gasteiger partial charge in [0, 0.05) is 15.5 Å². The van der Waals surface area contributed by atoms with Gasteiger partial charge in [-0.1, -0.05) is 12.0 Å². The highest BCUT2D eigenvalue weighted by atomic mass is 79.9. The van der Waals surface area contributed by atoms with Gasteiger partial charge >= 0.3 is 0 Å². The largest absolute Gasteiger partial charge is 0.302 e. The predicted octanol–water partition coefficient (Wildman–Crippen LogP) is 2.93. The van der Waals surface area contributed by atoms with E-state index in [0.717, 1.165) is 15.5 Å². The fraction of sp³-hybridized carbons (Fsp3) is 0.200. The summed E-state index contributed by atoms with van der Waals surface area (Å²) in [5.74, 6) is 2.53. The molecule has 0 amide bonds. The molecule has 1 nitrogen and oxygen atoms in total. The number of halogens is 2. The van der Waals surface area contributed by atoms with Gasteiger partial charge in [0.25, 0.3) is 0 Å². The van der Waals surface area contributed by atoms with Crippen LogP contribution in [0.15, 0.2) is 27.1 Å². The Balaban J connectivity index is 2.59. The zero-order valence-electron chi connectivity index (χ0n) is 6.98. The second kappa shape index (κ2) is 5.43. The molecule has 0 aromatic heterocycles. The Hall–Kier alpha value is -0.300. The average Bonchev–Trinajstić information content (AvgIpc) is 2.12. The summed E-state index contributed by atoms with van der Waals surface area (Å²) in [4.78, 5) is 0. The fourth-order valence-electron chi connectivity index (χ4n) is 0.929. The molecule has 1 rings (SSSR count). The molecular formula is C10H9Br2N. The Labute approximate surface area is 95.2 Å².